The molecule has 0 bridgehead atoms. The van der Waals surface area contributed by atoms with Gasteiger partial charge in [-0.15, -0.1) is 0 Å². The molecule has 5 heteroatoms. The average Bonchev–Trinajstić information content (AvgIpc) is 2.63. The first kappa shape index (κ1) is 11.5. The Kier molecular flexibility index (Phi) is 2.41. The van der Waals surface area contributed by atoms with Gasteiger partial charge in [0, 0.05) is 13.1 Å². The Hall–Kier alpha value is -2.56. The van der Waals surface area contributed by atoms with Crippen molar-refractivity contribution in [2.75, 3.05) is 5.73 Å². The maximum absolute atomic E-state index is 11.5. The topological polar surface area (TPSA) is 76.7 Å². The fourth-order valence-corrected chi connectivity index (χ4v) is 2.23. The number of nitrogen functional groups attached to an aromatic ring is 1. The van der Waals surface area contributed by atoms with Crippen LogP contribution in [0, 0.1) is 6.92 Å². The van der Waals surface area contributed by atoms with E-state index in [9.17, 15) is 4.79 Å². The highest BCUT2D eigenvalue weighted by Gasteiger charge is 2.07. The molecule has 0 amide bonds. The highest BCUT2D eigenvalue weighted by atomic mass is 16.1. The van der Waals surface area contributed by atoms with E-state index in [1.165, 1.54) is 6.07 Å². The number of hydrogen-bond donors (Lipinski definition) is 2. The molecule has 19 heavy (non-hydrogen) atoms. The van der Waals surface area contributed by atoms with Crippen LogP contribution < -0.4 is 11.3 Å². The second kappa shape index (κ2) is 3.98. The summed E-state index contributed by atoms with van der Waals surface area (Å²) in [6, 6.07) is 9.22. The molecule has 2 aromatic heterocycles. The van der Waals surface area contributed by atoms with Gasteiger partial charge in [-0.2, -0.15) is 0 Å². The molecule has 0 saturated carbocycles. The first-order valence-electron chi connectivity index (χ1n) is 5.98. The van der Waals surface area contributed by atoms with Crippen molar-refractivity contribution in [3.63, 3.8) is 0 Å². The lowest BCUT2D eigenvalue weighted by molar-refractivity contribution is 0.886. The second-order valence-electron chi connectivity index (χ2n) is 4.61. The third-order valence-electron chi connectivity index (χ3n) is 3.30. The van der Waals surface area contributed by atoms with Gasteiger partial charge in [0.15, 0.2) is 0 Å². The van der Waals surface area contributed by atoms with Crippen molar-refractivity contribution in [1.29, 1.82) is 0 Å². The summed E-state index contributed by atoms with van der Waals surface area (Å²) >= 11 is 0. The molecule has 96 valence electrons. The van der Waals surface area contributed by atoms with Crippen molar-refractivity contribution in [2.24, 2.45) is 7.05 Å². The zero-order chi connectivity index (χ0) is 13.6. The van der Waals surface area contributed by atoms with E-state index in [2.05, 4.69) is 9.97 Å². The summed E-state index contributed by atoms with van der Waals surface area (Å²) in [6.07, 6.45) is 0. The van der Waals surface area contributed by atoms with Crippen molar-refractivity contribution in [2.45, 2.75) is 6.92 Å². The first-order chi connectivity index (χ1) is 9.04. The molecule has 0 unspecified atom stereocenters. The number of pyridine rings is 1. The number of H-pyrrole nitrogens is 1. The molecule has 0 aliphatic rings. The van der Waals surface area contributed by atoms with E-state index in [1.54, 1.807) is 6.07 Å². The Morgan fingerprint density at radius 1 is 1.21 bits per heavy atom. The standard InChI is InChI=1S/C14H14N4O/c1-8-16-11-5-9(3-4-12(11)18(8)2)10-6-13(15)17-14(19)7-10/h3-7H,1-2H3,(H3,15,17,19). The summed E-state index contributed by atoms with van der Waals surface area (Å²) in [5.74, 6) is 1.32. The van der Waals surface area contributed by atoms with Crippen LogP contribution in [0.5, 0.6) is 0 Å². The molecule has 0 spiro atoms. The van der Waals surface area contributed by atoms with Crippen LogP contribution in [0.4, 0.5) is 5.82 Å². The van der Waals surface area contributed by atoms with Crippen LogP contribution in [0.1, 0.15) is 5.82 Å². The van der Waals surface area contributed by atoms with Crippen LogP contribution in [0.2, 0.25) is 0 Å². The molecule has 3 rings (SSSR count). The largest absolute Gasteiger partial charge is 0.385 e. The fourth-order valence-electron chi connectivity index (χ4n) is 2.23. The van der Waals surface area contributed by atoms with Gasteiger partial charge in [0.25, 0.3) is 0 Å². The van der Waals surface area contributed by atoms with Gasteiger partial charge in [-0.3, -0.25) is 4.79 Å². The highest BCUT2D eigenvalue weighted by Crippen LogP contribution is 2.24. The number of aromatic nitrogens is 3. The van der Waals surface area contributed by atoms with Crippen LogP contribution in [0.3, 0.4) is 0 Å². The Morgan fingerprint density at radius 2 is 2.00 bits per heavy atom. The van der Waals surface area contributed by atoms with Gasteiger partial charge in [0.2, 0.25) is 5.56 Å². The van der Waals surface area contributed by atoms with E-state index in [4.69, 9.17) is 5.73 Å². The van der Waals surface area contributed by atoms with Crippen molar-refractivity contribution in [3.05, 3.63) is 46.5 Å². The molecule has 0 aliphatic carbocycles. The number of nitrogens with one attached hydrogen (secondary N) is 1. The number of anilines is 1. The number of rotatable bonds is 1. The molecular weight excluding hydrogens is 240 g/mol. The lowest BCUT2D eigenvalue weighted by atomic mass is 10.1. The van der Waals surface area contributed by atoms with Gasteiger partial charge in [-0.05, 0) is 36.2 Å². The van der Waals surface area contributed by atoms with E-state index in [0.29, 0.717) is 5.82 Å². The molecule has 0 saturated heterocycles. The Balaban J connectivity index is 2.23. The number of nitrogens with two attached hydrogens (primary N) is 1. The van der Waals surface area contributed by atoms with Crippen LogP contribution in [0.15, 0.2) is 35.1 Å². The van der Waals surface area contributed by atoms with E-state index in [1.807, 2.05) is 36.7 Å². The molecule has 5 nitrogen and oxygen atoms in total. The molecule has 3 aromatic rings. The molecule has 0 radical (unpaired) electrons. The average molecular weight is 254 g/mol. The third kappa shape index (κ3) is 1.89. The molecule has 3 N–H and O–H groups in total. The molecular formula is C14H14N4O. The smallest absolute Gasteiger partial charge is 0.250 e. The Labute approximate surface area is 109 Å². The van der Waals surface area contributed by atoms with E-state index < -0.39 is 0 Å². The van der Waals surface area contributed by atoms with Crippen LogP contribution in [-0.2, 0) is 7.05 Å². The van der Waals surface area contributed by atoms with Gasteiger partial charge < -0.3 is 15.3 Å². The number of aromatic amines is 1. The molecule has 1 aromatic carbocycles. The number of aryl methyl sites for hydroxylation is 2. The molecule has 0 atom stereocenters. The lowest BCUT2D eigenvalue weighted by Crippen LogP contribution is -2.07. The second-order valence-corrected chi connectivity index (χ2v) is 4.61. The van der Waals surface area contributed by atoms with E-state index in [0.717, 1.165) is 28.0 Å². The minimum absolute atomic E-state index is 0.202. The Bertz CT molecular complexity index is 829. The quantitative estimate of drug-likeness (QED) is 0.695. The number of imidazole rings is 1. The SMILES string of the molecule is Cc1nc2cc(-c3cc(N)[nH]c(=O)c3)ccc2n1C. The van der Waals surface area contributed by atoms with Crippen molar-refractivity contribution >= 4 is 16.9 Å². The minimum Gasteiger partial charge on any atom is -0.385 e. The zero-order valence-electron chi connectivity index (χ0n) is 10.8. The summed E-state index contributed by atoms with van der Waals surface area (Å²) < 4.78 is 2.03. The van der Waals surface area contributed by atoms with Crippen molar-refractivity contribution in [1.82, 2.24) is 14.5 Å². The van der Waals surface area contributed by atoms with Crippen LogP contribution in [-0.4, -0.2) is 14.5 Å². The minimum atomic E-state index is -0.202. The van der Waals surface area contributed by atoms with Crippen molar-refractivity contribution in [3.8, 4) is 11.1 Å². The van der Waals surface area contributed by atoms with Crippen molar-refractivity contribution < 1.29 is 0 Å². The summed E-state index contributed by atoms with van der Waals surface area (Å²) in [5.41, 5.74) is 9.17. The third-order valence-corrected chi connectivity index (χ3v) is 3.30. The van der Waals surface area contributed by atoms with Gasteiger partial charge >= 0.3 is 0 Å². The Morgan fingerprint density at radius 3 is 2.74 bits per heavy atom. The zero-order valence-corrected chi connectivity index (χ0v) is 10.8. The lowest BCUT2D eigenvalue weighted by Gasteiger charge is -2.03. The van der Waals surface area contributed by atoms with Gasteiger partial charge in [0.05, 0.1) is 11.0 Å². The first-order valence-corrected chi connectivity index (χ1v) is 5.98. The van der Waals surface area contributed by atoms with Crippen LogP contribution in [0.25, 0.3) is 22.2 Å². The van der Waals surface area contributed by atoms with E-state index >= 15 is 0 Å². The summed E-state index contributed by atoms with van der Waals surface area (Å²) in [7, 11) is 1.98. The number of hydrogen-bond acceptors (Lipinski definition) is 3. The predicted molar refractivity (Wildman–Crippen MR) is 75.9 cm³/mol. The fraction of sp³-hybridized carbons (Fsp3) is 0.143. The summed E-state index contributed by atoms with van der Waals surface area (Å²) in [6.45, 7) is 1.96. The normalized spacial score (nSPS) is 11.1. The van der Waals surface area contributed by atoms with Gasteiger partial charge in [-0.1, -0.05) is 6.07 Å². The van der Waals surface area contributed by atoms with Crippen LogP contribution >= 0.6 is 0 Å². The highest BCUT2D eigenvalue weighted by molar-refractivity contribution is 5.82. The number of nitrogens with zero attached hydrogens (tertiary/aromatic N) is 2. The maximum atomic E-state index is 11.5. The number of benzene rings is 1. The summed E-state index contributed by atoms with van der Waals surface area (Å²) in [5, 5.41) is 0. The molecule has 0 fully saturated rings. The molecule has 0 aliphatic heterocycles. The van der Waals surface area contributed by atoms with E-state index in [-0.39, 0.29) is 5.56 Å². The monoisotopic (exact) mass is 254 g/mol. The van der Waals surface area contributed by atoms with Gasteiger partial charge in [-0.25, -0.2) is 4.98 Å². The van der Waals surface area contributed by atoms with Gasteiger partial charge in [0.1, 0.15) is 11.6 Å². The number of fused-ring (bicyclic) bond motifs is 1. The summed E-state index contributed by atoms with van der Waals surface area (Å²) in [4.78, 5) is 18.5. The maximum Gasteiger partial charge on any atom is 0.250 e. The molecule has 2 heterocycles. The predicted octanol–water partition coefficient (Wildman–Crippen LogP) is 1.82.